The third kappa shape index (κ3) is 2.79. The summed E-state index contributed by atoms with van der Waals surface area (Å²) in [6.45, 7) is 5.03. The fraction of sp³-hybridized carbons (Fsp3) is 0.240. The summed E-state index contributed by atoms with van der Waals surface area (Å²) in [4.78, 5) is 18.8. The molecule has 2 aliphatic rings. The summed E-state index contributed by atoms with van der Waals surface area (Å²) in [5, 5.41) is 1.25. The first-order valence-corrected chi connectivity index (χ1v) is 10.0. The zero-order valence-electron chi connectivity index (χ0n) is 17.0. The second-order valence-corrected chi connectivity index (χ2v) is 7.95. The lowest BCUT2D eigenvalue weighted by molar-refractivity contribution is -0.136. The maximum atomic E-state index is 13.0. The van der Waals surface area contributed by atoms with Gasteiger partial charge in [0.25, 0.3) is 0 Å². The number of methoxy groups -OCH3 is 1. The lowest BCUT2D eigenvalue weighted by Crippen LogP contribution is -2.31. The van der Waals surface area contributed by atoms with E-state index in [-0.39, 0.29) is 11.9 Å². The number of nitrogens with one attached hydrogen (secondary N) is 1. The molecule has 4 nitrogen and oxygen atoms in total. The molecule has 5 rings (SSSR count). The average molecular weight is 384 g/mol. The second kappa shape index (κ2) is 6.66. The number of carbonyl (C=O) groups is 1. The molecule has 1 aromatic heterocycles. The lowest BCUT2D eigenvalue weighted by atomic mass is 9.84. The monoisotopic (exact) mass is 384 g/mol. The van der Waals surface area contributed by atoms with Gasteiger partial charge in [-0.2, -0.15) is 0 Å². The minimum atomic E-state index is -0.275. The van der Waals surface area contributed by atoms with Crippen molar-refractivity contribution in [3.05, 3.63) is 88.3 Å². The molecule has 0 aliphatic carbocycles. The molecule has 0 spiro atoms. The molecule has 0 unspecified atom stereocenters. The maximum Gasteiger partial charge on any atom is 0.336 e. The smallest absolute Gasteiger partial charge is 0.336 e. The van der Waals surface area contributed by atoms with Gasteiger partial charge in [0.05, 0.1) is 24.1 Å². The molecule has 0 saturated heterocycles. The van der Waals surface area contributed by atoms with Crippen LogP contribution in [0.4, 0.5) is 0 Å². The molecule has 4 heteroatoms. The highest BCUT2D eigenvalue weighted by atomic mass is 16.5. The highest BCUT2D eigenvalue weighted by Gasteiger charge is 2.35. The van der Waals surface area contributed by atoms with Crippen LogP contribution in [0, 0.1) is 13.8 Å². The van der Waals surface area contributed by atoms with Gasteiger partial charge in [-0.25, -0.2) is 4.79 Å². The topological polar surface area (TPSA) is 45.3 Å². The third-order valence-corrected chi connectivity index (χ3v) is 6.05. The SMILES string of the molecule is COC(=O)C1=C2c3[nH]c4ccc(C)cc4c3CCN2C=C[C@H]1c1ccc(C)cc1. The Bertz CT molecular complexity index is 1180. The van der Waals surface area contributed by atoms with Gasteiger partial charge < -0.3 is 14.6 Å². The molecule has 1 N–H and O–H groups in total. The lowest BCUT2D eigenvalue weighted by Gasteiger charge is -2.35. The van der Waals surface area contributed by atoms with E-state index in [1.165, 1.54) is 29.2 Å². The number of allylic oxidation sites excluding steroid dienone is 1. The summed E-state index contributed by atoms with van der Waals surface area (Å²) in [5.41, 5.74) is 8.62. The molecule has 3 aromatic rings. The van der Waals surface area contributed by atoms with Crippen LogP contribution in [0.1, 0.15) is 33.9 Å². The first-order valence-electron chi connectivity index (χ1n) is 10.0. The standard InChI is InChI=1S/C25H24N2O2/c1-15-4-7-17(8-5-15)18-10-12-27-13-11-19-20-14-16(2)6-9-21(20)26-23(19)24(27)22(18)25(28)29-3/h4-10,12,14,18,26H,11,13H2,1-3H3/t18-/m0/s1. The zero-order valence-corrected chi connectivity index (χ0v) is 17.0. The quantitative estimate of drug-likeness (QED) is 0.643. The van der Waals surface area contributed by atoms with E-state index in [0.717, 1.165) is 35.4 Å². The van der Waals surface area contributed by atoms with Gasteiger partial charge in [-0.1, -0.05) is 47.5 Å². The number of aromatic amines is 1. The van der Waals surface area contributed by atoms with Crippen LogP contribution in [0.15, 0.2) is 60.3 Å². The van der Waals surface area contributed by atoms with Crippen LogP contribution >= 0.6 is 0 Å². The highest BCUT2D eigenvalue weighted by molar-refractivity contribution is 6.02. The fourth-order valence-electron chi connectivity index (χ4n) is 4.57. The van der Waals surface area contributed by atoms with Crippen molar-refractivity contribution in [1.29, 1.82) is 0 Å². The molecular weight excluding hydrogens is 360 g/mol. The van der Waals surface area contributed by atoms with E-state index in [4.69, 9.17) is 4.74 Å². The van der Waals surface area contributed by atoms with Gasteiger partial charge >= 0.3 is 5.97 Å². The summed E-state index contributed by atoms with van der Waals surface area (Å²) in [5.74, 6) is -0.406. The van der Waals surface area contributed by atoms with Gasteiger partial charge in [-0.05, 0) is 43.5 Å². The molecule has 1 atom stereocenters. The van der Waals surface area contributed by atoms with E-state index in [1.54, 1.807) is 0 Å². The number of nitrogens with zero attached hydrogens (tertiary/aromatic N) is 1. The number of ether oxygens (including phenoxy) is 1. The molecule has 2 aliphatic heterocycles. The number of hydrogen-bond donors (Lipinski definition) is 1. The van der Waals surface area contributed by atoms with Gasteiger partial charge in [0.1, 0.15) is 0 Å². The van der Waals surface area contributed by atoms with Crippen molar-refractivity contribution < 1.29 is 9.53 Å². The number of benzene rings is 2. The van der Waals surface area contributed by atoms with Crippen molar-refractivity contribution in [2.24, 2.45) is 0 Å². The van der Waals surface area contributed by atoms with E-state index in [2.05, 4.69) is 78.5 Å². The molecule has 3 heterocycles. The van der Waals surface area contributed by atoms with Gasteiger partial charge in [0, 0.05) is 29.6 Å². The molecule has 2 aromatic carbocycles. The molecule has 0 amide bonds. The minimum absolute atomic E-state index is 0.131. The molecule has 0 saturated carbocycles. The third-order valence-electron chi connectivity index (χ3n) is 6.05. The summed E-state index contributed by atoms with van der Waals surface area (Å²) >= 11 is 0. The van der Waals surface area contributed by atoms with Crippen LogP contribution in [-0.4, -0.2) is 29.5 Å². The molecule has 146 valence electrons. The van der Waals surface area contributed by atoms with Crippen LogP contribution < -0.4 is 0 Å². The summed E-state index contributed by atoms with van der Waals surface area (Å²) < 4.78 is 5.25. The maximum absolute atomic E-state index is 13.0. The van der Waals surface area contributed by atoms with E-state index in [1.807, 2.05) is 0 Å². The Morgan fingerprint density at radius 3 is 2.62 bits per heavy atom. The number of esters is 1. The van der Waals surface area contributed by atoms with E-state index >= 15 is 0 Å². The van der Waals surface area contributed by atoms with E-state index < -0.39 is 0 Å². The zero-order chi connectivity index (χ0) is 20.1. The van der Waals surface area contributed by atoms with Gasteiger partial charge in [-0.3, -0.25) is 0 Å². The van der Waals surface area contributed by atoms with Crippen LogP contribution in [0.2, 0.25) is 0 Å². The Kier molecular flexibility index (Phi) is 4.09. The summed E-state index contributed by atoms with van der Waals surface area (Å²) in [6, 6.07) is 14.9. The van der Waals surface area contributed by atoms with Crippen LogP contribution in [0.25, 0.3) is 16.6 Å². The first kappa shape index (κ1) is 17.8. The average Bonchev–Trinajstić information content (AvgIpc) is 3.11. The number of carbonyl (C=O) groups excluding carboxylic acids is 1. The van der Waals surface area contributed by atoms with Crippen molar-refractivity contribution in [3.8, 4) is 0 Å². The van der Waals surface area contributed by atoms with E-state index in [0.29, 0.717) is 5.57 Å². The summed E-state index contributed by atoms with van der Waals surface area (Å²) in [6.07, 6.45) is 5.17. The van der Waals surface area contributed by atoms with Gasteiger partial charge in [0.2, 0.25) is 0 Å². The van der Waals surface area contributed by atoms with Crippen LogP contribution in [0.3, 0.4) is 0 Å². The van der Waals surface area contributed by atoms with E-state index in [9.17, 15) is 4.79 Å². The number of rotatable bonds is 2. The Hall–Kier alpha value is -3.27. The Labute approximate surface area is 170 Å². The van der Waals surface area contributed by atoms with Crippen LogP contribution in [0.5, 0.6) is 0 Å². The summed E-state index contributed by atoms with van der Waals surface area (Å²) in [7, 11) is 1.46. The van der Waals surface area contributed by atoms with Crippen molar-refractivity contribution in [2.75, 3.05) is 13.7 Å². The van der Waals surface area contributed by atoms with Crippen molar-refractivity contribution in [3.63, 3.8) is 0 Å². The number of fused-ring (bicyclic) bond motifs is 5. The first-order chi connectivity index (χ1) is 14.1. The molecular formula is C25H24N2O2. The molecule has 0 fully saturated rings. The van der Waals surface area contributed by atoms with Crippen molar-refractivity contribution in [2.45, 2.75) is 26.2 Å². The van der Waals surface area contributed by atoms with Crippen molar-refractivity contribution >= 4 is 22.6 Å². The highest BCUT2D eigenvalue weighted by Crippen LogP contribution is 2.43. The van der Waals surface area contributed by atoms with Crippen molar-refractivity contribution in [1.82, 2.24) is 9.88 Å². The molecule has 0 bridgehead atoms. The molecule has 0 radical (unpaired) electrons. The largest absolute Gasteiger partial charge is 0.466 e. The number of aromatic nitrogens is 1. The van der Waals surface area contributed by atoms with Crippen LogP contribution in [-0.2, 0) is 16.0 Å². The number of aryl methyl sites for hydroxylation is 2. The Balaban J connectivity index is 1.76. The molecule has 29 heavy (non-hydrogen) atoms. The Morgan fingerprint density at radius 2 is 1.86 bits per heavy atom. The fourth-order valence-corrected chi connectivity index (χ4v) is 4.57. The Morgan fingerprint density at radius 1 is 1.10 bits per heavy atom. The second-order valence-electron chi connectivity index (χ2n) is 7.95. The number of H-pyrrole nitrogens is 1. The number of hydrogen-bond acceptors (Lipinski definition) is 3. The normalized spacial score (nSPS) is 18.0. The van der Waals surface area contributed by atoms with Gasteiger partial charge in [0.15, 0.2) is 0 Å². The van der Waals surface area contributed by atoms with Gasteiger partial charge in [-0.15, -0.1) is 0 Å². The predicted octanol–water partition coefficient (Wildman–Crippen LogP) is 4.84. The minimum Gasteiger partial charge on any atom is -0.466 e. The predicted molar refractivity (Wildman–Crippen MR) is 115 cm³/mol.